The van der Waals surface area contributed by atoms with E-state index in [1.165, 1.54) is 36.9 Å². The fourth-order valence-electron chi connectivity index (χ4n) is 3.66. The summed E-state index contributed by atoms with van der Waals surface area (Å²) in [6.07, 6.45) is 8.74. The van der Waals surface area contributed by atoms with E-state index in [1.807, 2.05) is 6.07 Å². The summed E-state index contributed by atoms with van der Waals surface area (Å²) < 4.78 is 2.28. The third-order valence-electron chi connectivity index (χ3n) is 4.97. The van der Waals surface area contributed by atoms with E-state index >= 15 is 0 Å². The summed E-state index contributed by atoms with van der Waals surface area (Å²) in [5.74, 6) is 0.299. The van der Waals surface area contributed by atoms with Crippen LogP contribution >= 0.6 is 0 Å². The van der Waals surface area contributed by atoms with Gasteiger partial charge in [-0.15, -0.1) is 0 Å². The van der Waals surface area contributed by atoms with Crippen molar-refractivity contribution in [3.05, 3.63) is 59.9 Å². The molecular formula is C21H28N2O. The lowest BCUT2D eigenvalue weighted by Crippen LogP contribution is -2.42. The maximum Gasteiger partial charge on any atom is 0.223 e. The van der Waals surface area contributed by atoms with Gasteiger partial charge in [-0.25, -0.2) is 0 Å². The molecule has 0 spiro atoms. The smallest absolute Gasteiger partial charge is 0.223 e. The number of unbranched alkanes of at least 4 members (excludes halogenated alkanes) is 4. The van der Waals surface area contributed by atoms with Crippen molar-refractivity contribution in [2.24, 2.45) is 0 Å². The number of rotatable bonds is 7. The Morgan fingerprint density at radius 2 is 1.79 bits per heavy atom. The second kappa shape index (κ2) is 8.18. The van der Waals surface area contributed by atoms with Gasteiger partial charge in [0.15, 0.2) is 0 Å². The number of hydrogen-bond acceptors (Lipinski definition) is 1. The van der Waals surface area contributed by atoms with Crippen LogP contribution in [0.25, 0.3) is 0 Å². The average molecular weight is 324 g/mol. The molecule has 1 amide bonds. The van der Waals surface area contributed by atoms with Crippen LogP contribution in [0.2, 0.25) is 0 Å². The largest absolute Gasteiger partial charge is 0.348 e. The predicted octanol–water partition coefficient (Wildman–Crippen LogP) is 4.78. The first-order valence-corrected chi connectivity index (χ1v) is 9.30. The highest BCUT2D eigenvalue weighted by Crippen LogP contribution is 2.32. The Hall–Kier alpha value is -2.03. The van der Waals surface area contributed by atoms with E-state index < -0.39 is 0 Å². The zero-order valence-electron chi connectivity index (χ0n) is 14.7. The lowest BCUT2D eigenvalue weighted by molar-refractivity contribution is -0.134. The van der Waals surface area contributed by atoms with Crippen molar-refractivity contribution < 1.29 is 4.79 Å². The Morgan fingerprint density at radius 3 is 2.58 bits per heavy atom. The first kappa shape index (κ1) is 16.8. The summed E-state index contributed by atoms with van der Waals surface area (Å²) in [6.45, 7) is 3.92. The minimum absolute atomic E-state index is 0.0538. The topological polar surface area (TPSA) is 25.2 Å². The maximum atomic E-state index is 12.9. The van der Waals surface area contributed by atoms with Gasteiger partial charge in [0.1, 0.15) is 0 Å². The van der Waals surface area contributed by atoms with Crippen molar-refractivity contribution in [1.82, 2.24) is 9.47 Å². The second-order valence-electron chi connectivity index (χ2n) is 6.69. The number of nitrogens with zero attached hydrogens (tertiary/aromatic N) is 2. The molecule has 1 aromatic heterocycles. The normalized spacial score (nSPS) is 16.9. The second-order valence-corrected chi connectivity index (χ2v) is 6.69. The Morgan fingerprint density at radius 1 is 1.00 bits per heavy atom. The number of fused-ring (bicyclic) bond motifs is 1. The van der Waals surface area contributed by atoms with Gasteiger partial charge < -0.3 is 9.47 Å². The minimum atomic E-state index is 0.0538. The maximum absolute atomic E-state index is 12.9. The monoisotopic (exact) mass is 324 g/mol. The highest BCUT2D eigenvalue weighted by molar-refractivity contribution is 5.77. The van der Waals surface area contributed by atoms with Gasteiger partial charge in [0, 0.05) is 31.4 Å². The molecule has 3 heteroatoms. The summed E-state index contributed by atoms with van der Waals surface area (Å²) >= 11 is 0. The predicted molar refractivity (Wildman–Crippen MR) is 97.8 cm³/mol. The fourth-order valence-corrected chi connectivity index (χ4v) is 3.66. The van der Waals surface area contributed by atoms with Gasteiger partial charge in [0.05, 0.1) is 6.04 Å². The SMILES string of the molecule is CCCCCCCC(=O)N1CCn2cccc2C1c1ccccc1. The molecule has 24 heavy (non-hydrogen) atoms. The van der Waals surface area contributed by atoms with E-state index in [1.54, 1.807) is 0 Å². The third kappa shape index (κ3) is 3.72. The zero-order valence-corrected chi connectivity index (χ0v) is 14.7. The van der Waals surface area contributed by atoms with Crippen LogP contribution in [0.1, 0.15) is 62.7 Å². The van der Waals surface area contributed by atoms with Gasteiger partial charge in [-0.1, -0.05) is 62.9 Å². The van der Waals surface area contributed by atoms with E-state index in [4.69, 9.17) is 0 Å². The van der Waals surface area contributed by atoms with Crippen LogP contribution in [0.5, 0.6) is 0 Å². The zero-order chi connectivity index (χ0) is 16.8. The number of carbonyl (C=O) groups is 1. The number of carbonyl (C=O) groups excluding carboxylic acids is 1. The molecule has 0 radical (unpaired) electrons. The average Bonchev–Trinajstić information content (AvgIpc) is 3.10. The summed E-state index contributed by atoms with van der Waals surface area (Å²) in [5, 5.41) is 0. The van der Waals surface area contributed by atoms with Crippen molar-refractivity contribution >= 4 is 5.91 Å². The Kier molecular flexibility index (Phi) is 5.73. The van der Waals surface area contributed by atoms with Gasteiger partial charge in [0.25, 0.3) is 0 Å². The summed E-state index contributed by atoms with van der Waals surface area (Å²) in [6, 6.07) is 14.7. The fraction of sp³-hybridized carbons (Fsp3) is 0.476. The van der Waals surface area contributed by atoms with Crippen LogP contribution in [0, 0.1) is 0 Å². The van der Waals surface area contributed by atoms with Crippen molar-refractivity contribution in [2.75, 3.05) is 6.54 Å². The molecule has 1 unspecified atom stereocenters. The van der Waals surface area contributed by atoms with Crippen molar-refractivity contribution in [2.45, 2.75) is 58.0 Å². The quantitative estimate of drug-likeness (QED) is 0.673. The molecule has 1 atom stereocenters. The molecule has 3 rings (SSSR count). The van der Waals surface area contributed by atoms with Crippen molar-refractivity contribution in [3.8, 4) is 0 Å². The Bertz CT molecular complexity index is 647. The molecule has 0 bridgehead atoms. The van der Waals surface area contributed by atoms with Crippen LogP contribution < -0.4 is 0 Å². The molecule has 0 aliphatic carbocycles. The molecule has 2 heterocycles. The van der Waals surface area contributed by atoms with Gasteiger partial charge in [0.2, 0.25) is 5.91 Å². The van der Waals surface area contributed by atoms with Crippen LogP contribution in [0.3, 0.4) is 0 Å². The van der Waals surface area contributed by atoms with Gasteiger partial charge in [-0.05, 0) is 24.1 Å². The Balaban J connectivity index is 1.73. The molecule has 1 aliphatic rings. The van der Waals surface area contributed by atoms with Gasteiger partial charge >= 0.3 is 0 Å². The molecule has 2 aromatic rings. The number of benzene rings is 1. The Labute approximate surface area is 145 Å². The van der Waals surface area contributed by atoms with E-state index in [0.29, 0.717) is 12.3 Å². The molecular weight excluding hydrogens is 296 g/mol. The molecule has 0 saturated carbocycles. The van der Waals surface area contributed by atoms with Crippen molar-refractivity contribution in [1.29, 1.82) is 0 Å². The first-order chi connectivity index (χ1) is 11.8. The molecule has 128 valence electrons. The third-order valence-corrected chi connectivity index (χ3v) is 4.97. The molecule has 0 N–H and O–H groups in total. The molecule has 3 nitrogen and oxygen atoms in total. The summed E-state index contributed by atoms with van der Waals surface area (Å²) in [4.78, 5) is 15.0. The minimum Gasteiger partial charge on any atom is -0.348 e. The van der Waals surface area contributed by atoms with Gasteiger partial charge in [-0.3, -0.25) is 4.79 Å². The van der Waals surface area contributed by atoms with E-state index in [2.05, 4.69) is 59.0 Å². The standard InChI is InChI=1S/C21H28N2O/c1-2-3-4-5-9-14-20(24)23-17-16-22-15-10-13-19(22)21(23)18-11-7-6-8-12-18/h6-8,10-13,15,21H,2-5,9,14,16-17H2,1H3. The highest BCUT2D eigenvalue weighted by atomic mass is 16.2. The molecule has 0 fully saturated rings. The van der Waals surface area contributed by atoms with Crippen molar-refractivity contribution in [3.63, 3.8) is 0 Å². The van der Waals surface area contributed by atoms with E-state index in [0.717, 1.165) is 19.5 Å². The van der Waals surface area contributed by atoms with E-state index in [9.17, 15) is 4.79 Å². The van der Waals surface area contributed by atoms with Gasteiger partial charge in [-0.2, -0.15) is 0 Å². The van der Waals surface area contributed by atoms with Crippen LogP contribution in [0.15, 0.2) is 48.7 Å². The van der Waals surface area contributed by atoms with Crippen LogP contribution in [-0.4, -0.2) is 21.9 Å². The number of amides is 1. The van der Waals surface area contributed by atoms with Crippen LogP contribution in [0.4, 0.5) is 0 Å². The van der Waals surface area contributed by atoms with Crippen LogP contribution in [-0.2, 0) is 11.3 Å². The molecule has 1 aliphatic heterocycles. The molecule has 1 aromatic carbocycles. The summed E-state index contributed by atoms with van der Waals surface area (Å²) in [5.41, 5.74) is 2.43. The highest BCUT2D eigenvalue weighted by Gasteiger charge is 2.31. The lowest BCUT2D eigenvalue weighted by atomic mass is 9.99. The summed E-state index contributed by atoms with van der Waals surface area (Å²) in [7, 11) is 0. The lowest BCUT2D eigenvalue weighted by Gasteiger charge is -2.37. The molecule has 0 saturated heterocycles. The van der Waals surface area contributed by atoms with E-state index in [-0.39, 0.29) is 6.04 Å². The number of hydrogen-bond donors (Lipinski definition) is 0. The number of aromatic nitrogens is 1. The first-order valence-electron chi connectivity index (χ1n) is 9.30.